The fourth-order valence-corrected chi connectivity index (χ4v) is 6.81. The Morgan fingerprint density at radius 1 is 1.26 bits per heavy atom. The molecule has 1 N–H and O–H groups in total. The molecule has 1 aliphatic carbocycles. The van der Waals surface area contributed by atoms with E-state index >= 15 is 0 Å². The largest absolute Gasteiger partial charge is 0.389 e. The van der Waals surface area contributed by atoms with Gasteiger partial charge in [-0.25, -0.2) is 17.4 Å². The minimum Gasteiger partial charge on any atom is -0.389 e. The van der Waals surface area contributed by atoms with E-state index in [1.54, 1.807) is 76.6 Å². The Hall–Kier alpha value is -2.75. The molecule has 0 saturated heterocycles. The van der Waals surface area contributed by atoms with E-state index in [9.17, 15) is 18.3 Å². The minimum absolute atomic E-state index is 0.198. The average molecular weight is 558 g/mol. The molecule has 0 fully saturated rings. The molecule has 7 nitrogen and oxygen atoms in total. The lowest BCUT2D eigenvalue weighted by molar-refractivity contribution is 0.0368. The van der Waals surface area contributed by atoms with Crippen molar-refractivity contribution in [1.29, 1.82) is 0 Å². The van der Waals surface area contributed by atoms with Crippen molar-refractivity contribution in [2.45, 2.75) is 37.5 Å². The van der Waals surface area contributed by atoms with Gasteiger partial charge in [0.2, 0.25) is 10.0 Å². The van der Waals surface area contributed by atoms with E-state index in [4.69, 9.17) is 0 Å². The van der Waals surface area contributed by atoms with Crippen molar-refractivity contribution in [2.75, 3.05) is 13.6 Å². The summed E-state index contributed by atoms with van der Waals surface area (Å²) in [5, 5.41) is 10.7. The number of likely N-dealkylation sites (N-methyl/N-ethyl adjacent to an activating group) is 1. The minimum atomic E-state index is -3.85. The Kier molecular flexibility index (Phi) is 6.54. The maximum atomic E-state index is 13.8. The molecule has 0 bridgehead atoms. The monoisotopic (exact) mass is 557 g/mol. The summed E-state index contributed by atoms with van der Waals surface area (Å²) in [4.78, 5) is 18.6. The maximum Gasteiger partial charge on any atom is 0.253 e. The Morgan fingerprint density at radius 3 is 2.57 bits per heavy atom. The predicted octanol–water partition coefficient (Wildman–Crippen LogP) is 4.72. The number of rotatable bonds is 6. The number of carbonyl (C=O) groups is 1. The topological polar surface area (TPSA) is 92.5 Å². The first-order valence-corrected chi connectivity index (χ1v) is 13.4. The van der Waals surface area contributed by atoms with E-state index in [-0.39, 0.29) is 12.5 Å². The van der Waals surface area contributed by atoms with E-state index in [1.165, 1.54) is 8.87 Å². The second kappa shape index (κ2) is 9.04. The number of aromatic nitrogens is 2. The fraction of sp³-hybridized carbons (Fsp3) is 0.308. The van der Waals surface area contributed by atoms with Crippen LogP contribution in [0.3, 0.4) is 0 Å². The third kappa shape index (κ3) is 4.85. The van der Waals surface area contributed by atoms with Gasteiger partial charge < -0.3 is 10.0 Å². The van der Waals surface area contributed by atoms with E-state index in [0.717, 1.165) is 5.56 Å². The van der Waals surface area contributed by atoms with Crippen LogP contribution in [0.25, 0.3) is 22.2 Å². The molecule has 0 aliphatic heterocycles. The summed E-state index contributed by atoms with van der Waals surface area (Å²) in [6.45, 7) is 5.20. The van der Waals surface area contributed by atoms with Gasteiger partial charge in [0.25, 0.3) is 5.91 Å². The van der Waals surface area contributed by atoms with Crippen molar-refractivity contribution in [3.63, 3.8) is 0 Å². The number of aliphatic hydroxyl groups is 1. The van der Waals surface area contributed by atoms with Gasteiger partial charge in [0.15, 0.2) is 5.65 Å². The van der Waals surface area contributed by atoms with Crippen LogP contribution < -0.4 is 0 Å². The molecule has 9 heteroatoms. The van der Waals surface area contributed by atoms with Crippen molar-refractivity contribution in [3.05, 3.63) is 77.1 Å². The lowest BCUT2D eigenvalue weighted by atomic mass is 10.0. The Bertz CT molecular complexity index is 1450. The van der Waals surface area contributed by atoms with Crippen LogP contribution in [0.4, 0.5) is 0 Å². The van der Waals surface area contributed by atoms with Crippen LogP contribution in [-0.4, -0.2) is 57.2 Å². The first-order valence-electron chi connectivity index (χ1n) is 11.2. The summed E-state index contributed by atoms with van der Waals surface area (Å²) in [6, 6.07) is 10.6. The van der Waals surface area contributed by atoms with Gasteiger partial charge in [-0.1, -0.05) is 40.2 Å². The van der Waals surface area contributed by atoms with Gasteiger partial charge in [-0.2, -0.15) is 0 Å². The molecule has 184 valence electrons. The van der Waals surface area contributed by atoms with Crippen molar-refractivity contribution in [1.82, 2.24) is 13.9 Å². The average Bonchev–Trinajstić information content (AvgIpc) is 3.18. The molecule has 3 aromatic rings. The van der Waals surface area contributed by atoms with Gasteiger partial charge in [0.05, 0.1) is 5.60 Å². The summed E-state index contributed by atoms with van der Waals surface area (Å²) in [6.07, 6.45) is 8.92. The summed E-state index contributed by atoms with van der Waals surface area (Å²) >= 11 is 3.41. The van der Waals surface area contributed by atoms with Crippen LogP contribution in [0, 0.1) is 0 Å². The molecule has 0 spiro atoms. The molecular formula is C26H28BrN3O4S. The zero-order valence-electron chi connectivity index (χ0n) is 20.1. The molecule has 1 unspecified atom stereocenters. The molecule has 2 heterocycles. The second-order valence-electron chi connectivity index (χ2n) is 9.72. The summed E-state index contributed by atoms with van der Waals surface area (Å²) in [5.41, 5.74) is 1.31. The number of carbonyl (C=O) groups excluding carboxylic acids is 1. The van der Waals surface area contributed by atoms with Crippen LogP contribution in [0.2, 0.25) is 0 Å². The third-order valence-electron chi connectivity index (χ3n) is 6.04. The standard InChI is InChI=1S/C26H28BrN3O4S/c1-25(2,32)17-29(4)24(31)19-11-9-18(10-12-19)22-16-30(23-21(22)8-6-14-28-23)35(33,34)26(3)13-5-7-20(27)15-26/h5-12,14-16,32H,13,17H2,1-4H3. The number of amides is 1. The Balaban J connectivity index is 1.75. The number of hydrogen-bond donors (Lipinski definition) is 1. The highest BCUT2D eigenvalue weighted by molar-refractivity contribution is 9.11. The predicted molar refractivity (Wildman–Crippen MR) is 142 cm³/mol. The number of benzene rings is 1. The molecule has 1 aromatic carbocycles. The number of allylic oxidation sites excluding steroid dienone is 3. The second-order valence-corrected chi connectivity index (χ2v) is 12.9. The lowest BCUT2D eigenvalue weighted by Crippen LogP contribution is -2.39. The van der Waals surface area contributed by atoms with Crippen LogP contribution in [0.15, 0.2) is 71.5 Å². The highest BCUT2D eigenvalue weighted by atomic mass is 79.9. The third-order valence-corrected chi connectivity index (χ3v) is 8.79. The maximum absolute atomic E-state index is 13.8. The Labute approximate surface area is 214 Å². The van der Waals surface area contributed by atoms with Gasteiger partial charge in [-0.15, -0.1) is 0 Å². The number of hydrogen-bond acceptors (Lipinski definition) is 5. The molecule has 0 saturated carbocycles. The van der Waals surface area contributed by atoms with Crippen LogP contribution >= 0.6 is 15.9 Å². The highest BCUT2D eigenvalue weighted by Gasteiger charge is 2.40. The number of halogens is 1. The van der Waals surface area contributed by atoms with Gasteiger partial charge in [0, 0.05) is 47.0 Å². The molecule has 2 aromatic heterocycles. The van der Waals surface area contributed by atoms with E-state index in [0.29, 0.717) is 33.1 Å². The van der Waals surface area contributed by atoms with Crippen LogP contribution in [-0.2, 0) is 10.0 Å². The quantitative estimate of drug-likeness (QED) is 0.473. The smallest absolute Gasteiger partial charge is 0.253 e. The van der Waals surface area contributed by atoms with Gasteiger partial charge in [-0.05, 0) is 63.1 Å². The fourth-order valence-electron chi connectivity index (χ4n) is 4.32. The van der Waals surface area contributed by atoms with E-state index in [2.05, 4.69) is 20.9 Å². The van der Waals surface area contributed by atoms with Gasteiger partial charge >= 0.3 is 0 Å². The van der Waals surface area contributed by atoms with Crippen LogP contribution in [0.1, 0.15) is 37.6 Å². The highest BCUT2D eigenvalue weighted by Crippen LogP contribution is 2.37. The van der Waals surface area contributed by atoms with Gasteiger partial charge in [-0.3, -0.25) is 4.79 Å². The molecule has 0 radical (unpaired) electrons. The molecule has 1 amide bonds. The Morgan fingerprint density at radius 2 is 1.94 bits per heavy atom. The molecule has 1 aliphatic rings. The first-order chi connectivity index (χ1) is 16.3. The number of fused-ring (bicyclic) bond motifs is 1. The molecular weight excluding hydrogens is 530 g/mol. The van der Waals surface area contributed by atoms with E-state index in [1.807, 2.05) is 18.2 Å². The van der Waals surface area contributed by atoms with Crippen molar-refractivity contribution in [3.8, 4) is 11.1 Å². The SMILES string of the molecule is CN(CC(C)(C)O)C(=O)c1ccc(-c2cn(S(=O)(=O)C3(C)C=C(Br)C=CC3)c3ncccc23)cc1. The number of nitrogens with zero attached hydrogens (tertiary/aromatic N) is 3. The molecule has 35 heavy (non-hydrogen) atoms. The van der Waals surface area contributed by atoms with Crippen molar-refractivity contribution in [2.24, 2.45) is 0 Å². The normalized spacial score (nSPS) is 18.5. The zero-order chi connectivity index (χ0) is 25.6. The summed E-state index contributed by atoms with van der Waals surface area (Å²) < 4.78 is 28.4. The van der Waals surface area contributed by atoms with Gasteiger partial charge in [0.1, 0.15) is 4.75 Å². The van der Waals surface area contributed by atoms with Crippen molar-refractivity contribution < 1.29 is 18.3 Å². The molecule has 1 atom stereocenters. The number of pyridine rings is 1. The molecule has 4 rings (SSSR count). The first kappa shape index (κ1) is 25.3. The lowest BCUT2D eigenvalue weighted by Gasteiger charge is -2.27. The summed E-state index contributed by atoms with van der Waals surface area (Å²) in [5.74, 6) is -0.207. The zero-order valence-corrected chi connectivity index (χ0v) is 22.5. The van der Waals surface area contributed by atoms with Crippen molar-refractivity contribution >= 4 is 42.9 Å². The summed E-state index contributed by atoms with van der Waals surface area (Å²) in [7, 11) is -2.20. The van der Waals surface area contributed by atoms with E-state index < -0.39 is 20.4 Å². The van der Waals surface area contributed by atoms with Crippen LogP contribution in [0.5, 0.6) is 0 Å².